The van der Waals surface area contributed by atoms with Crippen molar-refractivity contribution in [1.29, 1.82) is 0 Å². The Hall–Kier alpha value is -0.570. The fourth-order valence-electron chi connectivity index (χ4n) is 2.35. The van der Waals surface area contributed by atoms with Gasteiger partial charge in [0.25, 0.3) is 0 Å². The lowest BCUT2D eigenvalue weighted by Gasteiger charge is -2.25. The lowest BCUT2D eigenvalue weighted by molar-refractivity contribution is -0.131. The SMILES string of the molecule is CC(C)CC1CCCN1C(=O)C1CN1.[HH]. The molecule has 2 aliphatic heterocycles. The molecule has 14 heavy (non-hydrogen) atoms. The minimum absolute atomic E-state index is 0. The number of rotatable bonds is 3. The zero-order chi connectivity index (χ0) is 10.1. The molecule has 0 aliphatic carbocycles. The van der Waals surface area contributed by atoms with E-state index < -0.39 is 0 Å². The Morgan fingerprint density at radius 3 is 2.93 bits per heavy atom. The van der Waals surface area contributed by atoms with E-state index in [0.717, 1.165) is 13.1 Å². The van der Waals surface area contributed by atoms with Crippen molar-refractivity contribution in [2.75, 3.05) is 13.1 Å². The summed E-state index contributed by atoms with van der Waals surface area (Å²) in [5.41, 5.74) is 0. The van der Waals surface area contributed by atoms with Gasteiger partial charge >= 0.3 is 0 Å². The van der Waals surface area contributed by atoms with Gasteiger partial charge in [-0.3, -0.25) is 4.79 Å². The van der Waals surface area contributed by atoms with Gasteiger partial charge in [0.15, 0.2) is 0 Å². The van der Waals surface area contributed by atoms with Crippen molar-refractivity contribution >= 4 is 5.91 Å². The highest BCUT2D eigenvalue weighted by Gasteiger charge is 2.37. The van der Waals surface area contributed by atoms with Crippen molar-refractivity contribution in [2.24, 2.45) is 5.92 Å². The van der Waals surface area contributed by atoms with Gasteiger partial charge in [-0.2, -0.15) is 0 Å². The van der Waals surface area contributed by atoms with E-state index in [9.17, 15) is 4.79 Å². The van der Waals surface area contributed by atoms with Gasteiger partial charge in [0.05, 0.1) is 6.04 Å². The van der Waals surface area contributed by atoms with Crippen LogP contribution in [0.4, 0.5) is 0 Å². The van der Waals surface area contributed by atoms with Gasteiger partial charge in [-0.1, -0.05) is 13.8 Å². The van der Waals surface area contributed by atoms with Crippen LogP contribution in [-0.4, -0.2) is 36.0 Å². The number of carbonyl (C=O) groups excluding carboxylic acids is 1. The molecule has 3 nitrogen and oxygen atoms in total. The molecule has 1 N–H and O–H groups in total. The van der Waals surface area contributed by atoms with Crippen molar-refractivity contribution in [3.63, 3.8) is 0 Å². The van der Waals surface area contributed by atoms with E-state index in [1.165, 1.54) is 19.3 Å². The molecule has 2 fully saturated rings. The van der Waals surface area contributed by atoms with Crippen LogP contribution in [0, 0.1) is 5.92 Å². The summed E-state index contributed by atoms with van der Waals surface area (Å²) in [5.74, 6) is 1.04. The highest BCUT2D eigenvalue weighted by atomic mass is 16.2. The zero-order valence-corrected chi connectivity index (χ0v) is 9.12. The van der Waals surface area contributed by atoms with E-state index in [1.54, 1.807) is 0 Å². The fourth-order valence-corrected chi connectivity index (χ4v) is 2.35. The Kier molecular flexibility index (Phi) is 2.77. The summed E-state index contributed by atoms with van der Waals surface area (Å²) >= 11 is 0. The molecule has 2 saturated heterocycles. The van der Waals surface area contributed by atoms with Crippen molar-refractivity contribution in [3.8, 4) is 0 Å². The first-order valence-electron chi connectivity index (χ1n) is 5.72. The monoisotopic (exact) mass is 198 g/mol. The van der Waals surface area contributed by atoms with E-state index in [1.807, 2.05) is 0 Å². The average Bonchev–Trinajstić information content (AvgIpc) is 2.86. The Balaban J connectivity index is 0.00000112. The first-order valence-corrected chi connectivity index (χ1v) is 5.72. The number of hydrogen-bond donors (Lipinski definition) is 1. The van der Waals surface area contributed by atoms with Crippen LogP contribution in [0.2, 0.25) is 0 Å². The molecule has 0 bridgehead atoms. The molecule has 0 aromatic heterocycles. The third kappa shape index (κ3) is 2.08. The predicted octanol–water partition coefficient (Wildman–Crippen LogP) is 1.24. The van der Waals surface area contributed by atoms with Gasteiger partial charge in [0.1, 0.15) is 0 Å². The highest BCUT2D eigenvalue weighted by molar-refractivity contribution is 5.85. The van der Waals surface area contributed by atoms with Crippen LogP contribution in [0.3, 0.4) is 0 Å². The summed E-state index contributed by atoms with van der Waals surface area (Å²) in [7, 11) is 0. The molecule has 82 valence electrons. The van der Waals surface area contributed by atoms with Crippen LogP contribution in [-0.2, 0) is 4.79 Å². The third-order valence-electron chi connectivity index (χ3n) is 3.11. The molecule has 3 heteroatoms. The second-order valence-corrected chi connectivity index (χ2v) is 4.92. The van der Waals surface area contributed by atoms with Crippen molar-refractivity contribution in [3.05, 3.63) is 0 Å². The number of nitrogens with zero attached hydrogens (tertiary/aromatic N) is 1. The largest absolute Gasteiger partial charge is 0.338 e. The number of nitrogens with one attached hydrogen (secondary N) is 1. The third-order valence-corrected chi connectivity index (χ3v) is 3.11. The van der Waals surface area contributed by atoms with Gasteiger partial charge in [0, 0.05) is 20.6 Å². The van der Waals surface area contributed by atoms with Crippen LogP contribution in [0.1, 0.15) is 34.5 Å². The van der Waals surface area contributed by atoms with Gasteiger partial charge in [0.2, 0.25) is 5.91 Å². The van der Waals surface area contributed by atoms with E-state index >= 15 is 0 Å². The number of hydrogen-bond acceptors (Lipinski definition) is 2. The molecule has 0 spiro atoms. The number of amides is 1. The summed E-state index contributed by atoms with van der Waals surface area (Å²) < 4.78 is 0. The molecule has 0 aromatic carbocycles. The van der Waals surface area contributed by atoms with E-state index in [0.29, 0.717) is 17.9 Å². The normalized spacial score (nSPS) is 31.2. The first kappa shape index (κ1) is 9.97. The number of likely N-dealkylation sites (tertiary alicyclic amines) is 1. The minimum Gasteiger partial charge on any atom is -0.338 e. The maximum Gasteiger partial charge on any atom is 0.241 e. The van der Waals surface area contributed by atoms with Gasteiger partial charge in [-0.25, -0.2) is 0 Å². The molecular formula is C11H22N2O. The van der Waals surface area contributed by atoms with E-state index in [4.69, 9.17) is 0 Å². The Morgan fingerprint density at radius 1 is 1.64 bits per heavy atom. The molecule has 0 saturated carbocycles. The number of carbonyl (C=O) groups is 1. The second-order valence-electron chi connectivity index (χ2n) is 4.92. The smallest absolute Gasteiger partial charge is 0.241 e. The quantitative estimate of drug-likeness (QED) is 0.693. The summed E-state index contributed by atoms with van der Waals surface area (Å²) in [5, 5.41) is 3.09. The van der Waals surface area contributed by atoms with Crippen molar-refractivity contribution in [1.82, 2.24) is 10.2 Å². The van der Waals surface area contributed by atoms with Gasteiger partial charge < -0.3 is 10.2 Å². The molecule has 2 atom stereocenters. The molecule has 1 amide bonds. The second kappa shape index (κ2) is 3.89. The van der Waals surface area contributed by atoms with Crippen LogP contribution in [0.25, 0.3) is 0 Å². The first-order chi connectivity index (χ1) is 6.68. The topological polar surface area (TPSA) is 42.2 Å². The standard InChI is InChI=1S/C11H20N2O.H2/c1-8(2)6-9-4-3-5-13(9)11(14)10-7-12-10;/h8-10,12H,3-7H2,1-2H3;1H. The molecule has 0 aromatic rings. The summed E-state index contributed by atoms with van der Waals surface area (Å²) in [6.45, 7) is 6.34. The Bertz CT molecular complexity index is 229. The van der Waals surface area contributed by atoms with Crippen molar-refractivity contribution in [2.45, 2.75) is 45.2 Å². The molecule has 2 aliphatic rings. The van der Waals surface area contributed by atoms with Gasteiger partial charge in [-0.15, -0.1) is 0 Å². The van der Waals surface area contributed by atoms with E-state index in [-0.39, 0.29) is 7.47 Å². The maximum absolute atomic E-state index is 11.9. The summed E-state index contributed by atoms with van der Waals surface area (Å²) in [4.78, 5) is 14.0. The molecular weight excluding hydrogens is 176 g/mol. The fraction of sp³-hybridized carbons (Fsp3) is 0.909. The van der Waals surface area contributed by atoms with Gasteiger partial charge in [-0.05, 0) is 25.2 Å². The zero-order valence-electron chi connectivity index (χ0n) is 9.12. The minimum atomic E-state index is 0. The van der Waals surface area contributed by atoms with Crippen LogP contribution >= 0.6 is 0 Å². The molecule has 2 unspecified atom stereocenters. The van der Waals surface area contributed by atoms with Crippen LogP contribution in [0.15, 0.2) is 0 Å². The lowest BCUT2D eigenvalue weighted by Crippen LogP contribution is -2.39. The predicted molar refractivity (Wildman–Crippen MR) is 58.1 cm³/mol. The average molecular weight is 198 g/mol. The lowest BCUT2D eigenvalue weighted by atomic mass is 10.0. The molecule has 0 radical (unpaired) electrons. The van der Waals surface area contributed by atoms with Crippen molar-refractivity contribution < 1.29 is 6.22 Å². The summed E-state index contributed by atoms with van der Waals surface area (Å²) in [6, 6.07) is 0.674. The van der Waals surface area contributed by atoms with E-state index in [2.05, 4.69) is 24.1 Å². The highest BCUT2D eigenvalue weighted by Crippen LogP contribution is 2.24. The molecule has 2 heterocycles. The Morgan fingerprint density at radius 2 is 2.36 bits per heavy atom. The van der Waals surface area contributed by atoms with Crippen LogP contribution in [0.5, 0.6) is 0 Å². The maximum atomic E-state index is 11.9. The molecule has 2 rings (SSSR count). The van der Waals surface area contributed by atoms with Crippen LogP contribution < -0.4 is 5.32 Å². The summed E-state index contributed by atoms with van der Waals surface area (Å²) in [6.07, 6.45) is 3.56. The Labute approximate surface area is 87.3 Å².